The quantitative estimate of drug-likeness (QED) is 0.702. The van der Waals surface area contributed by atoms with Crippen LogP contribution in [0.1, 0.15) is 5.56 Å². The first-order valence-electron chi connectivity index (χ1n) is 5.01. The summed E-state index contributed by atoms with van der Waals surface area (Å²) in [4.78, 5) is 4.18. The maximum atomic E-state index is 9.04. The first-order valence-corrected chi connectivity index (χ1v) is 6.53. The fraction of sp³-hybridized carbons (Fsp3) is 0.167. The van der Waals surface area contributed by atoms with Crippen LogP contribution in [0.15, 0.2) is 30.6 Å². The molecule has 0 saturated heterocycles. The van der Waals surface area contributed by atoms with Crippen LogP contribution in [0.3, 0.4) is 0 Å². The highest BCUT2D eigenvalue weighted by Gasteiger charge is 2.23. The van der Waals surface area contributed by atoms with Crippen molar-refractivity contribution >= 4 is 24.0 Å². The molecule has 1 aromatic heterocycles. The Labute approximate surface area is 95.7 Å². The molecule has 1 unspecified atom stereocenters. The van der Waals surface area contributed by atoms with Gasteiger partial charge in [-0.25, -0.2) is 0 Å². The molecule has 3 rings (SSSR count). The molecule has 2 N–H and O–H groups in total. The Morgan fingerprint density at radius 1 is 1.38 bits per heavy atom. The number of nitrogens with two attached hydrogens (primary N) is 1. The van der Waals surface area contributed by atoms with Crippen LogP contribution in [0.25, 0.3) is 10.8 Å². The minimum absolute atomic E-state index is 0.645. The Morgan fingerprint density at radius 3 is 2.94 bits per heavy atom. The van der Waals surface area contributed by atoms with Gasteiger partial charge < -0.3 is 5.73 Å². The standard InChI is InChI=1S/C11H7N2P.CH5N/c12-7-14-6-9-3-1-2-8-4-13-5-10(14)11(8)9;1-2/h1-5H,6H2;2H2,1H3. The topological polar surface area (TPSA) is 62.7 Å². The van der Waals surface area contributed by atoms with Gasteiger partial charge in [-0.15, -0.1) is 0 Å². The van der Waals surface area contributed by atoms with E-state index >= 15 is 0 Å². The molecule has 2 heterocycles. The Hall–Kier alpha value is -1.49. The van der Waals surface area contributed by atoms with Crippen molar-refractivity contribution in [1.29, 1.82) is 5.26 Å². The van der Waals surface area contributed by atoms with Crippen molar-refractivity contribution in [2.24, 2.45) is 5.73 Å². The first-order chi connectivity index (χ1) is 7.90. The summed E-state index contributed by atoms with van der Waals surface area (Å²) in [5.74, 6) is 2.40. The zero-order chi connectivity index (χ0) is 11.5. The van der Waals surface area contributed by atoms with Gasteiger partial charge in [0.2, 0.25) is 0 Å². The van der Waals surface area contributed by atoms with E-state index in [0.717, 1.165) is 11.5 Å². The Bertz CT molecular complexity index is 554. The lowest BCUT2D eigenvalue weighted by molar-refractivity contribution is 1.38. The molecule has 4 heteroatoms. The number of hydrogen-bond donors (Lipinski definition) is 1. The smallest absolute Gasteiger partial charge is 0.0925 e. The fourth-order valence-corrected chi connectivity index (χ4v) is 3.68. The number of benzene rings is 1. The van der Waals surface area contributed by atoms with Gasteiger partial charge in [-0.05, 0) is 18.0 Å². The van der Waals surface area contributed by atoms with E-state index in [1.165, 1.54) is 23.4 Å². The molecule has 16 heavy (non-hydrogen) atoms. The first kappa shape index (κ1) is 11.0. The minimum atomic E-state index is -0.645. The van der Waals surface area contributed by atoms with Gasteiger partial charge in [-0.1, -0.05) is 18.2 Å². The molecule has 0 spiro atoms. The van der Waals surface area contributed by atoms with Crippen LogP contribution in [-0.2, 0) is 6.16 Å². The molecule has 1 atom stereocenters. The molecule has 1 aromatic carbocycles. The van der Waals surface area contributed by atoms with Gasteiger partial charge in [-0.3, -0.25) is 4.98 Å². The summed E-state index contributed by atoms with van der Waals surface area (Å²) in [5.41, 5.74) is 5.81. The summed E-state index contributed by atoms with van der Waals surface area (Å²) >= 11 is 0. The summed E-state index contributed by atoms with van der Waals surface area (Å²) in [5, 5.41) is 12.6. The van der Waals surface area contributed by atoms with Crippen LogP contribution in [-0.4, -0.2) is 12.0 Å². The summed E-state index contributed by atoms with van der Waals surface area (Å²) in [6, 6.07) is 6.22. The summed E-state index contributed by atoms with van der Waals surface area (Å²) in [6.45, 7) is 0. The average molecular weight is 229 g/mol. The predicted octanol–water partition coefficient (Wildman–Crippen LogP) is 1.91. The summed E-state index contributed by atoms with van der Waals surface area (Å²) < 4.78 is 0. The van der Waals surface area contributed by atoms with Crippen molar-refractivity contribution in [3.8, 4) is 5.81 Å². The molecule has 0 amide bonds. The number of hydrogen-bond acceptors (Lipinski definition) is 3. The lowest BCUT2D eigenvalue weighted by atomic mass is 10.1. The van der Waals surface area contributed by atoms with Gasteiger partial charge in [-0.2, -0.15) is 5.26 Å². The predicted molar refractivity (Wildman–Crippen MR) is 67.7 cm³/mol. The third-order valence-electron chi connectivity index (χ3n) is 2.59. The minimum Gasteiger partial charge on any atom is -0.333 e. The molecule has 0 bridgehead atoms. The zero-order valence-electron chi connectivity index (χ0n) is 9.01. The molecule has 80 valence electrons. The number of nitrogens with zero attached hydrogens (tertiary/aromatic N) is 2. The second kappa shape index (κ2) is 4.57. The largest absolute Gasteiger partial charge is 0.333 e. The second-order valence-electron chi connectivity index (χ2n) is 3.36. The van der Waals surface area contributed by atoms with Crippen molar-refractivity contribution in [3.63, 3.8) is 0 Å². The van der Waals surface area contributed by atoms with Gasteiger partial charge >= 0.3 is 0 Å². The maximum absolute atomic E-state index is 9.04. The maximum Gasteiger partial charge on any atom is 0.0925 e. The van der Waals surface area contributed by atoms with Crippen molar-refractivity contribution < 1.29 is 0 Å². The number of rotatable bonds is 0. The van der Waals surface area contributed by atoms with Gasteiger partial charge in [0.25, 0.3) is 0 Å². The number of aromatic nitrogens is 1. The highest BCUT2D eigenvalue weighted by atomic mass is 31.1. The lowest BCUT2D eigenvalue weighted by Gasteiger charge is -1.99. The van der Waals surface area contributed by atoms with E-state index < -0.39 is 7.92 Å². The van der Waals surface area contributed by atoms with E-state index in [1.54, 1.807) is 0 Å². The van der Waals surface area contributed by atoms with E-state index in [-0.39, 0.29) is 0 Å². The second-order valence-corrected chi connectivity index (χ2v) is 5.21. The van der Waals surface area contributed by atoms with Crippen LogP contribution in [0.5, 0.6) is 0 Å². The zero-order valence-corrected chi connectivity index (χ0v) is 9.91. The van der Waals surface area contributed by atoms with E-state index in [2.05, 4.69) is 28.7 Å². The molecule has 3 nitrogen and oxygen atoms in total. The fourth-order valence-electron chi connectivity index (χ4n) is 1.97. The molecule has 0 fully saturated rings. The van der Waals surface area contributed by atoms with Crippen LogP contribution < -0.4 is 11.0 Å². The third-order valence-corrected chi connectivity index (χ3v) is 4.41. The number of pyridine rings is 1. The van der Waals surface area contributed by atoms with Crippen LogP contribution >= 0.6 is 7.92 Å². The lowest BCUT2D eigenvalue weighted by Crippen LogP contribution is -1.97. The van der Waals surface area contributed by atoms with Crippen molar-refractivity contribution in [2.75, 3.05) is 7.05 Å². The molecule has 1 aliphatic heterocycles. The van der Waals surface area contributed by atoms with E-state index in [9.17, 15) is 0 Å². The average Bonchev–Trinajstić information content (AvgIpc) is 2.73. The van der Waals surface area contributed by atoms with Gasteiger partial charge in [0.1, 0.15) is 0 Å². The SMILES string of the molecule is CN.N#CP1Cc2cccc3cncc1c23. The van der Waals surface area contributed by atoms with E-state index in [1.807, 2.05) is 18.5 Å². The van der Waals surface area contributed by atoms with Crippen molar-refractivity contribution in [2.45, 2.75) is 6.16 Å². The molecular formula is C12H12N3P. The Kier molecular flexibility index (Phi) is 3.14. The molecule has 2 aromatic rings. The Morgan fingerprint density at radius 2 is 2.19 bits per heavy atom. The monoisotopic (exact) mass is 229 g/mol. The van der Waals surface area contributed by atoms with Crippen LogP contribution in [0.4, 0.5) is 0 Å². The highest BCUT2D eigenvalue weighted by Crippen LogP contribution is 2.46. The normalized spacial score (nSPS) is 16.4. The highest BCUT2D eigenvalue weighted by molar-refractivity contribution is 7.70. The van der Waals surface area contributed by atoms with Gasteiger partial charge in [0.05, 0.1) is 5.81 Å². The van der Waals surface area contributed by atoms with Gasteiger partial charge in [0, 0.05) is 37.2 Å². The molecule has 0 saturated carbocycles. The van der Waals surface area contributed by atoms with Crippen LogP contribution in [0, 0.1) is 11.1 Å². The van der Waals surface area contributed by atoms with Crippen molar-refractivity contribution in [3.05, 3.63) is 36.2 Å². The molecular weight excluding hydrogens is 217 g/mol. The van der Waals surface area contributed by atoms with Gasteiger partial charge in [0.15, 0.2) is 0 Å². The van der Waals surface area contributed by atoms with Crippen molar-refractivity contribution in [1.82, 2.24) is 4.98 Å². The van der Waals surface area contributed by atoms with Crippen LogP contribution in [0.2, 0.25) is 0 Å². The Balaban J connectivity index is 0.000000457. The third kappa shape index (κ3) is 1.57. The summed E-state index contributed by atoms with van der Waals surface area (Å²) in [7, 11) is 0.855. The summed E-state index contributed by atoms with van der Waals surface area (Å²) in [6.07, 6.45) is 4.64. The molecule has 0 aliphatic carbocycles. The molecule has 0 radical (unpaired) electrons. The van der Waals surface area contributed by atoms with E-state index in [4.69, 9.17) is 5.26 Å². The van der Waals surface area contributed by atoms with E-state index in [0.29, 0.717) is 0 Å². The molecule has 1 aliphatic rings. The number of nitriles is 1.